The Morgan fingerprint density at radius 2 is 1.96 bits per heavy atom. The highest BCUT2D eigenvalue weighted by Gasteiger charge is 2.35. The number of nitrogens with zero attached hydrogens (tertiary/aromatic N) is 2. The van der Waals surface area contributed by atoms with Crippen molar-refractivity contribution >= 4 is 40.5 Å². The standard InChI is InChI=1S/C17H13ClFN3O4/c18-14-6-3-12(8-15(14)22(25)26)20-17(24)10-7-16(23)21(9-10)13-4-1-11(19)2-5-13/h1-6,8,10H,7,9H2,(H,20,24)/t10-/m1/s1. The second-order valence-electron chi connectivity index (χ2n) is 5.79. The van der Waals surface area contributed by atoms with Crippen LogP contribution in [0.15, 0.2) is 42.5 Å². The molecule has 26 heavy (non-hydrogen) atoms. The van der Waals surface area contributed by atoms with Crippen LogP contribution in [0, 0.1) is 21.8 Å². The summed E-state index contributed by atoms with van der Waals surface area (Å²) in [5.41, 5.74) is 0.410. The van der Waals surface area contributed by atoms with Crippen LogP contribution in [-0.4, -0.2) is 23.3 Å². The lowest BCUT2D eigenvalue weighted by Crippen LogP contribution is -2.28. The second kappa shape index (κ2) is 7.09. The molecule has 2 amide bonds. The molecule has 2 aromatic rings. The minimum atomic E-state index is -0.645. The molecule has 0 spiro atoms. The Labute approximate surface area is 152 Å². The quantitative estimate of drug-likeness (QED) is 0.653. The molecule has 0 bridgehead atoms. The Kier molecular flexibility index (Phi) is 4.85. The van der Waals surface area contributed by atoms with Gasteiger partial charge in [0.25, 0.3) is 5.69 Å². The van der Waals surface area contributed by atoms with E-state index in [0.717, 1.165) is 6.07 Å². The third-order valence-corrected chi connectivity index (χ3v) is 4.36. The SMILES string of the molecule is O=C(Nc1ccc(Cl)c([N+](=O)[O-])c1)[C@@H]1CC(=O)N(c2ccc(F)cc2)C1. The van der Waals surface area contributed by atoms with E-state index in [0.29, 0.717) is 5.69 Å². The molecule has 0 radical (unpaired) electrons. The van der Waals surface area contributed by atoms with Gasteiger partial charge in [-0.1, -0.05) is 11.6 Å². The van der Waals surface area contributed by atoms with Crippen molar-refractivity contribution in [3.05, 3.63) is 63.4 Å². The van der Waals surface area contributed by atoms with Crippen molar-refractivity contribution in [2.75, 3.05) is 16.8 Å². The predicted octanol–water partition coefficient (Wildman–Crippen LogP) is 3.38. The maximum absolute atomic E-state index is 13.0. The number of hydrogen-bond donors (Lipinski definition) is 1. The Morgan fingerprint density at radius 3 is 2.62 bits per heavy atom. The third kappa shape index (κ3) is 3.65. The van der Waals surface area contributed by atoms with E-state index in [4.69, 9.17) is 11.6 Å². The summed E-state index contributed by atoms with van der Waals surface area (Å²) in [6.07, 6.45) is -0.00110. The van der Waals surface area contributed by atoms with E-state index >= 15 is 0 Å². The minimum Gasteiger partial charge on any atom is -0.326 e. The zero-order valence-electron chi connectivity index (χ0n) is 13.3. The number of nitrogens with one attached hydrogen (secondary N) is 1. The van der Waals surface area contributed by atoms with Crippen molar-refractivity contribution in [1.29, 1.82) is 0 Å². The van der Waals surface area contributed by atoms with Crippen molar-refractivity contribution in [3.63, 3.8) is 0 Å². The van der Waals surface area contributed by atoms with Crippen LogP contribution in [0.5, 0.6) is 0 Å². The van der Waals surface area contributed by atoms with E-state index in [9.17, 15) is 24.1 Å². The van der Waals surface area contributed by atoms with Crippen LogP contribution in [0.25, 0.3) is 0 Å². The number of rotatable bonds is 4. The van der Waals surface area contributed by atoms with Crippen molar-refractivity contribution in [2.24, 2.45) is 5.92 Å². The first-order valence-electron chi connectivity index (χ1n) is 7.66. The largest absolute Gasteiger partial charge is 0.326 e. The molecule has 1 aliphatic heterocycles. The molecule has 1 N–H and O–H groups in total. The van der Waals surface area contributed by atoms with Crippen LogP contribution in [0.2, 0.25) is 5.02 Å². The summed E-state index contributed by atoms with van der Waals surface area (Å²) >= 11 is 5.74. The molecule has 134 valence electrons. The Morgan fingerprint density at radius 1 is 1.27 bits per heavy atom. The molecule has 2 aromatic carbocycles. The van der Waals surface area contributed by atoms with Crippen LogP contribution < -0.4 is 10.2 Å². The normalized spacial score (nSPS) is 16.6. The fourth-order valence-corrected chi connectivity index (χ4v) is 2.91. The Bertz CT molecular complexity index is 888. The van der Waals surface area contributed by atoms with Crippen molar-refractivity contribution in [2.45, 2.75) is 6.42 Å². The van der Waals surface area contributed by atoms with Gasteiger partial charge < -0.3 is 10.2 Å². The van der Waals surface area contributed by atoms with E-state index < -0.39 is 22.6 Å². The molecule has 1 heterocycles. The van der Waals surface area contributed by atoms with Crippen molar-refractivity contribution < 1.29 is 18.9 Å². The van der Waals surface area contributed by atoms with E-state index in [1.165, 1.54) is 41.3 Å². The maximum atomic E-state index is 13.0. The van der Waals surface area contributed by atoms with Crippen LogP contribution in [-0.2, 0) is 9.59 Å². The molecule has 1 fully saturated rings. The van der Waals surface area contributed by atoms with Gasteiger partial charge in [0.05, 0.1) is 10.8 Å². The Balaban J connectivity index is 1.71. The number of anilines is 2. The van der Waals surface area contributed by atoms with Gasteiger partial charge in [-0.3, -0.25) is 19.7 Å². The van der Waals surface area contributed by atoms with Gasteiger partial charge in [-0.2, -0.15) is 0 Å². The average molecular weight is 378 g/mol. The first-order chi connectivity index (χ1) is 12.3. The number of halogens is 2. The summed E-state index contributed by atoms with van der Waals surface area (Å²) in [4.78, 5) is 36.2. The number of carbonyl (C=O) groups excluding carboxylic acids is 2. The lowest BCUT2D eigenvalue weighted by Gasteiger charge is -2.16. The maximum Gasteiger partial charge on any atom is 0.289 e. The number of nitro groups is 1. The molecule has 1 atom stereocenters. The van der Waals surface area contributed by atoms with E-state index in [-0.39, 0.29) is 35.3 Å². The predicted molar refractivity (Wildman–Crippen MR) is 93.6 cm³/mol. The molecular weight excluding hydrogens is 365 g/mol. The summed E-state index contributed by atoms with van der Waals surface area (Å²) in [6, 6.07) is 9.34. The van der Waals surface area contributed by atoms with E-state index in [1.54, 1.807) is 0 Å². The fourth-order valence-electron chi connectivity index (χ4n) is 2.73. The molecule has 1 saturated heterocycles. The summed E-state index contributed by atoms with van der Waals surface area (Å²) in [7, 11) is 0. The summed E-state index contributed by atoms with van der Waals surface area (Å²) in [5.74, 6) is -1.72. The van der Waals surface area contributed by atoms with E-state index in [2.05, 4.69) is 5.32 Å². The average Bonchev–Trinajstić information content (AvgIpc) is 2.99. The number of amides is 2. The van der Waals surface area contributed by atoms with Crippen molar-refractivity contribution in [1.82, 2.24) is 0 Å². The molecule has 0 aliphatic carbocycles. The molecule has 7 nitrogen and oxygen atoms in total. The molecule has 0 aromatic heterocycles. The Hall–Kier alpha value is -3.00. The molecule has 0 saturated carbocycles. The van der Waals surface area contributed by atoms with Gasteiger partial charge >= 0.3 is 0 Å². The third-order valence-electron chi connectivity index (χ3n) is 4.04. The monoisotopic (exact) mass is 377 g/mol. The number of nitro benzene ring substituents is 1. The highest BCUT2D eigenvalue weighted by atomic mass is 35.5. The lowest BCUT2D eigenvalue weighted by molar-refractivity contribution is -0.384. The fraction of sp³-hybridized carbons (Fsp3) is 0.176. The minimum absolute atomic E-state index is 0.00110. The zero-order chi connectivity index (χ0) is 18.8. The van der Waals surface area contributed by atoms with Gasteiger partial charge in [0.2, 0.25) is 11.8 Å². The van der Waals surface area contributed by atoms with Gasteiger partial charge in [-0.05, 0) is 36.4 Å². The molecule has 3 rings (SSSR count). The van der Waals surface area contributed by atoms with Gasteiger partial charge in [-0.25, -0.2) is 4.39 Å². The number of benzene rings is 2. The zero-order valence-corrected chi connectivity index (χ0v) is 14.1. The topological polar surface area (TPSA) is 92.5 Å². The van der Waals surface area contributed by atoms with Crippen LogP contribution >= 0.6 is 11.6 Å². The summed E-state index contributed by atoms with van der Waals surface area (Å²) in [6.45, 7) is 0.145. The molecule has 0 unspecified atom stereocenters. The highest BCUT2D eigenvalue weighted by Crippen LogP contribution is 2.29. The smallest absolute Gasteiger partial charge is 0.289 e. The highest BCUT2D eigenvalue weighted by molar-refractivity contribution is 6.32. The second-order valence-corrected chi connectivity index (χ2v) is 6.20. The van der Waals surface area contributed by atoms with Crippen LogP contribution in [0.4, 0.5) is 21.5 Å². The van der Waals surface area contributed by atoms with Gasteiger partial charge in [-0.15, -0.1) is 0 Å². The summed E-state index contributed by atoms with van der Waals surface area (Å²) in [5, 5.41) is 13.4. The lowest BCUT2D eigenvalue weighted by atomic mass is 10.1. The van der Waals surface area contributed by atoms with Crippen LogP contribution in [0.3, 0.4) is 0 Å². The number of hydrogen-bond acceptors (Lipinski definition) is 4. The van der Waals surface area contributed by atoms with Crippen LogP contribution in [0.1, 0.15) is 6.42 Å². The first kappa shape index (κ1) is 17.8. The molecule has 1 aliphatic rings. The first-order valence-corrected chi connectivity index (χ1v) is 8.03. The number of carbonyl (C=O) groups is 2. The van der Waals surface area contributed by atoms with Gasteiger partial charge in [0.1, 0.15) is 10.8 Å². The van der Waals surface area contributed by atoms with E-state index in [1.807, 2.05) is 0 Å². The summed E-state index contributed by atoms with van der Waals surface area (Å²) < 4.78 is 13.0. The molecular formula is C17H13ClFN3O4. The molecule has 9 heteroatoms. The van der Waals surface area contributed by atoms with Crippen molar-refractivity contribution in [3.8, 4) is 0 Å². The van der Waals surface area contributed by atoms with Gasteiger partial charge in [0, 0.05) is 30.4 Å². The van der Waals surface area contributed by atoms with Gasteiger partial charge in [0.15, 0.2) is 0 Å².